The molecule has 4 atom stereocenters. The lowest BCUT2D eigenvalue weighted by molar-refractivity contribution is 0.00469. The highest BCUT2D eigenvalue weighted by Crippen LogP contribution is 2.64. The van der Waals surface area contributed by atoms with Crippen LogP contribution in [0.5, 0.6) is 5.75 Å². The van der Waals surface area contributed by atoms with Gasteiger partial charge in [0.05, 0.1) is 16.7 Å². The number of aliphatic hydroxyl groups is 1. The summed E-state index contributed by atoms with van der Waals surface area (Å²) >= 11 is 5.88. The molecule has 2 fully saturated rings. The maximum Gasteiger partial charge on any atom is 0.296 e. The van der Waals surface area contributed by atoms with Gasteiger partial charge < -0.3 is 20.0 Å². The van der Waals surface area contributed by atoms with Crippen molar-refractivity contribution in [3.63, 3.8) is 0 Å². The monoisotopic (exact) mass is 501 g/mol. The van der Waals surface area contributed by atoms with Crippen molar-refractivity contribution in [1.29, 1.82) is 0 Å². The molecule has 4 aliphatic rings. The van der Waals surface area contributed by atoms with Crippen LogP contribution in [0.25, 0.3) is 0 Å². The molecule has 1 aromatic carbocycles. The van der Waals surface area contributed by atoms with Crippen molar-refractivity contribution in [3.05, 3.63) is 61.8 Å². The lowest BCUT2D eigenvalue weighted by Crippen LogP contribution is -2.52. The van der Waals surface area contributed by atoms with Crippen LogP contribution in [0.4, 0.5) is 4.39 Å². The van der Waals surface area contributed by atoms with E-state index in [1.807, 2.05) is 0 Å². The number of benzene rings is 1. The summed E-state index contributed by atoms with van der Waals surface area (Å²) in [6, 6.07) is 4.18. The number of β-amino-alcohol motifs (C(OH)–C–C–N with tert-alkyl or cyclic N) is 1. The second kappa shape index (κ2) is 7.54. The molecule has 6 rings (SSSR count). The Bertz CT molecular complexity index is 1360. The van der Waals surface area contributed by atoms with Gasteiger partial charge in [-0.1, -0.05) is 17.7 Å². The molecule has 0 radical (unpaired) electrons. The van der Waals surface area contributed by atoms with Crippen LogP contribution in [0, 0.1) is 17.7 Å². The number of aromatic hydroxyl groups is 1. The molecule has 1 aromatic heterocycles. The zero-order valence-electron chi connectivity index (χ0n) is 19.1. The van der Waals surface area contributed by atoms with Gasteiger partial charge >= 0.3 is 0 Å². The molecule has 2 aromatic rings. The van der Waals surface area contributed by atoms with Crippen molar-refractivity contribution in [1.82, 2.24) is 14.4 Å². The molecule has 8 nitrogen and oxygen atoms in total. The number of rotatable bonds is 4. The van der Waals surface area contributed by atoms with Crippen LogP contribution in [-0.4, -0.2) is 55.6 Å². The molecule has 2 aliphatic heterocycles. The first-order chi connectivity index (χ1) is 16.6. The summed E-state index contributed by atoms with van der Waals surface area (Å²) in [4.78, 5) is 43.8. The number of nitrogens with zero attached hydrogens (tertiary/aromatic N) is 3. The number of aromatic nitrogens is 1. The minimum absolute atomic E-state index is 0.0599. The van der Waals surface area contributed by atoms with Crippen molar-refractivity contribution in [2.24, 2.45) is 11.8 Å². The largest absolute Gasteiger partial charge is 0.502 e. The van der Waals surface area contributed by atoms with Gasteiger partial charge in [0.1, 0.15) is 17.2 Å². The Labute approximate surface area is 205 Å². The molecule has 0 saturated heterocycles. The van der Waals surface area contributed by atoms with Gasteiger partial charge in [-0.05, 0) is 56.2 Å². The van der Waals surface area contributed by atoms with Crippen LogP contribution >= 0.6 is 11.6 Å². The van der Waals surface area contributed by atoms with E-state index < -0.39 is 34.8 Å². The maximum absolute atomic E-state index is 13.7. The summed E-state index contributed by atoms with van der Waals surface area (Å²) in [6.45, 7) is 2.05. The van der Waals surface area contributed by atoms with Crippen LogP contribution in [0.15, 0.2) is 23.0 Å². The standard InChI is InChI=1S/C25H25ClFN3O5/c1-12(31)10-29-23(34)20-15-5-7-28(11-13-2-3-18(27)17(26)8-13)22(33)19(15)21(32)24(35)30(20)25(29)6-4-14-9-16(14)25/h2-3,8,12,14,16,31-32H,4-7,9-11H2,1H3/t12-,14+,16-,25-/m1/s1. The van der Waals surface area contributed by atoms with E-state index in [-0.39, 0.29) is 54.2 Å². The first kappa shape index (κ1) is 22.5. The van der Waals surface area contributed by atoms with Gasteiger partial charge in [0.25, 0.3) is 17.4 Å². The quantitative estimate of drug-likeness (QED) is 0.670. The molecule has 0 bridgehead atoms. The van der Waals surface area contributed by atoms with E-state index in [2.05, 4.69) is 0 Å². The van der Waals surface area contributed by atoms with Gasteiger partial charge in [-0.25, -0.2) is 4.39 Å². The topological polar surface area (TPSA) is 103 Å². The number of hydrogen-bond donors (Lipinski definition) is 2. The van der Waals surface area contributed by atoms with E-state index in [1.165, 1.54) is 27.7 Å². The SMILES string of the molecule is C[C@@H](O)CN1C(=O)c2c3c(c(O)c(=O)n2[C@@]12CC[C@H]1C[C@H]12)C(=O)N(Cc1ccc(F)c(Cl)c1)CC3. The molecular weight excluding hydrogens is 477 g/mol. The molecule has 2 aliphatic carbocycles. The van der Waals surface area contributed by atoms with Gasteiger partial charge in [-0.15, -0.1) is 0 Å². The van der Waals surface area contributed by atoms with Crippen molar-refractivity contribution in [2.45, 2.75) is 50.9 Å². The van der Waals surface area contributed by atoms with Gasteiger partial charge in [-0.2, -0.15) is 0 Å². The molecular formula is C25H25ClFN3O5. The van der Waals surface area contributed by atoms with Gasteiger partial charge in [-0.3, -0.25) is 19.0 Å². The highest BCUT2D eigenvalue weighted by Gasteiger charge is 2.67. The van der Waals surface area contributed by atoms with Crippen LogP contribution in [0.1, 0.15) is 58.2 Å². The van der Waals surface area contributed by atoms with E-state index in [1.54, 1.807) is 11.8 Å². The molecule has 2 saturated carbocycles. The molecule has 184 valence electrons. The Kier molecular flexibility index (Phi) is 4.86. The summed E-state index contributed by atoms with van der Waals surface area (Å²) in [5.41, 5.74) is -0.644. The summed E-state index contributed by atoms with van der Waals surface area (Å²) in [5.74, 6) is -1.64. The molecule has 1 spiro atoms. The number of hydrogen-bond acceptors (Lipinski definition) is 5. The molecule has 10 heteroatoms. The number of pyridine rings is 1. The molecule has 35 heavy (non-hydrogen) atoms. The Balaban J connectivity index is 1.45. The Morgan fingerprint density at radius 3 is 2.66 bits per heavy atom. The average molecular weight is 502 g/mol. The molecule has 2 amide bonds. The van der Waals surface area contributed by atoms with Gasteiger partial charge in [0, 0.05) is 31.1 Å². The Morgan fingerprint density at radius 2 is 2.03 bits per heavy atom. The molecule has 2 N–H and O–H groups in total. The fraction of sp³-hybridized carbons (Fsp3) is 0.480. The van der Waals surface area contributed by atoms with Crippen molar-refractivity contribution in [3.8, 4) is 5.75 Å². The van der Waals surface area contributed by atoms with E-state index in [0.29, 0.717) is 23.5 Å². The average Bonchev–Trinajstić information content (AvgIpc) is 3.46. The van der Waals surface area contributed by atoms with E-state index in [0.717, 1.165) is 12.8 Å². The lowest BCUT2D eigenvalue weighted by atomic mass is 9.95. The van der Waals surface area contributed by atoms with Crippen LogP contribution in [0.2, 0.25) is 5.02 Å². The zero-order valence-corrected chi connectivity index (χ0v) is 19.9. The smallest absolute Gasteiger partial charge is 0.296 e. The Hall–Kier alpha value is -2.91. The number of carbonyl (C=O) groups is 2. The van der Waals surface area contributed by atoms with Crippen molar-refractivity contribution < 1.29 is 24.2 Å². The minimum Gasteiger partial charge on any atom is -0.502 e. The Morgan fingerprint density at radius 1 is 1.26 bits per heavy atom. The third-order valence-corrected chi connectivity index (χ3v) is 8.38. The summed E-state index contributed by atoms with van der Waals surface area (Å²) in [6.07, 6.45) is 1.82. The predicted molar refractivity (Wildman–Crippen MR) is 124 cm³/mol. The zero-order chi connectivity index (χ0) is 24.8. The van der Waals surface area contributed by atoms with Gasteiger partial charge in [0.2, 0.25) is 0 Å². The summed E-state index contributed by atoms with van der Waals surface area (Å²) in [7, 11) is 0. The lowest BCUT2D eigenvalue weighted by Gasteiger charge is -2.38. The van der Waals surface area contributed by atoms with E-state index in [4.69, 9.17) is 11.6 Å². The number of fused-ring (bicyclic) bond motifs is 6. The van der Waals surface area contributed by atoms with E-state index in [9.17, 15) is 29.0 Å². The van der Waals surface area contributed by atoms with E-state index >= 15 is 0 Å². The van der Waals surface area contributed by atoms with Gasteiger partial charge in [0.15, 0.2) is 5.75 Å². The first-order valence-corrected chi connectivity index (χ1v) is 12.3. The van der Waals surface area contributed by atoms with Crippen molar-refractivity contribution in [2.75, 3.05) is 13.1 Å². The fourth-order valence-corrected chi connectivity index (χ4v) is 6.76. The van der Waals surface area contributed by atoms with Crippen LogP contribution < -0.4 is 5.56 Å². The maximum atomic E-state index is 13.7. The number of aliphatic hydroxyl groups excluding tert-OH is 1. The predicted octanol–water partition coefficient (Wildman–Crippen LogP) is 2.46. The number of amides is 2. The summed E-state index contributed by atoms with van der Waals surface area (Å²) in [5, 5.41) is 21.1. The van der Waals surface area contributed by atoms with Crippen molar-refractivity contribution >= 4 is 23.4 Å². The number of carbonyl (C=O) groups excluding carboxylic acids is 2. The number of halogens is 2. The van der Waals surface area contributed by atoms with Crippen LogP contribution in [0.3, 0.4) is 0 Å². The molecule has 0 unspecified atom stereocenters. The second-order valence-electron chi connectivity index (χ2n) is 10.2. The highest BCUT2D eigenvalue weighted by molar-refractivity contribution is 6.30. The normalized spacial score (nSPS) is 27.3. The molecule has 3 heterocycles. The third kappa shape index (κ3) is 3.04. The fourth-order valence-electron chi connectivity index (χ4n) is 6.55. The highest BCUT2D eigenvalue weighted by atomic mass is 35.5. The van der Waals surface area contributed by atoms with Crippen LogP contribution in [-0.2, 0) is 18.6 Å². The minimum atomic E-state index is -0.900. The summed E-state index contributed by atoms with van der Waals surface area (Å²) < 4.78 is 15.0. The first-order valence-electron chi connectivity index (χ1n) is 11.9. The second-order valence-corrected chi connectivity index (χ2v) is 10.6. The third-order valence-electron chi connectivity index (χ3n) is 8.09.